The molecule has 1 aliphatic heterocycles. The van der Waals surface area contributed by atoms with Gasteiger partial charge < -0.3 is 4.90 Å². The predicted octanol–water partition coefficient (Wildman–Crippen LogP) is 4.48. The van der Waals surface area contributed by atoms with Gasteiger partial charge in [0.2, 0.25) is 9.84 Å². The molecule has 0 amide bonds. The van der Waals surface area contributed by atoms with E-state index >= 15 is 0 Å². The van der Waals surface area contributed by atoms with Gasteiger partial charge in [-0.2, -0.15) is 0 Å². The van der Waals surface area contributed by atoms with E-state index in [-0.39, 0.29) is 17.3 Å². The molecule has 26 heavy (non-hydrogen) atoms. The van der Waals surface area contributed by atoms with Crippen LogP contribution in [0.4, 0.5) is 5.69 Å². The van der Waals surface area contributed by atoms with Crippen LogP contribution in [0.1, 0.15) is 19.3 Å². The van der Waals surface area contributed by atoms with Gasteiger partial charge in [0.25, 0.3) is 0 Å². The first kappa shape index (κ1) is 18.7. The number of pyridine rings is 1. The summed E-state index contributed by atoms with van der Waals surface area (Å²) in [5.41, 5.74) is 1.97. The van der Waals surface area contributed by atoms with Crippen LogP contribution in [0.5, 0.6) is 0 Å². The van der Waals surface area contributed by atoms with Crippen LogP contribution in [-0.4, -0.2) is 26.5 Å². The summed E-state index contributed by atoms with van der Waals surface area (Å²) < 4.78 is 25.6. The maximum absolute atomic E-state index is 12.8. The molecule has 0 radical (unpaired) electrons. The SMILES string of the molecule is Cl.O=S(=O)(c1ccccc1)c1cnc2c(N3CCCCC3)cccc2c1. The van der Waals surface area contributed by atoms with E-state index in [4.69, 9.17) is 0 Å². The van der Waals surface area contributed by atoms with Gasteiger partial charge in [-0.05, 0) is 43.5 Å². The van der Waals surface area contributed by atoms with E-state index in [9.17, 15) is 8.42 Å². The number of aromatic nitrogens is 1. The molecule has 0 N–H and O–H groups in total. The minimum Gasteiger partial charge on any atom is -0.370 e. The fourth-order valence-corrected chi connectivity index (χ4v) is 4.66. The highest BCUT2D eigenvalue weighted by molar-refractivity contribution is 7.91. The number of anilines is 1. The number of hydrogen-bond donors (Lipinski definition) is 0. The minimum atomic E-state index is -3.54. The van der Waals surface area contributed by atoms with Gasteiger partial charge in [-0.3, -0.25) is 4.98 Å². The van der Waals surface area contributed by atoms with Gasteiger partial charge in [0, 0.05) is 24.7 Å². The molecule has 0 aliphatic carbocycles. The Morgan fingerprint density at radius 3 is 2.31 bits per heavy atom. The van der Waals surface area contributed by atoms with E-state index < -0.39 is 9.84 Å². The number of piperidine rings is 1. The van der Waals surface area contributed by atoms with Crippen LogP contribution in [0.3, 0.4) is 0 Å². The monoisotopic (exact) mass is 388 g/mol. The number of nitrogens with zero attached hydrogens (tertiary/aromatic N) is 2. The Morgan fingerprint density at radius 2 is 1.58 bits per heavy atom. The molecule has 1 aromatic heterocycles. The average molecular weight is 389 g/mol. The molecule has 1 fully saturated rings. The second-order valence-corrected chi connectivity index (χ2v) is 8.33. The van der Waals surface area contributed by atoms with Crippen molar-refractivity contribution in [3.05, 3.63) is 60.8 Å². The summed E-state index contributed by atoms with van der Waals surface area (Å²) in [5.74, 6) is 0. The number of para-hydroxylation sites is 1. The van der Waals surface area contributed by atoms with E-state index in [1.54, 1.807) is 30.3 Å². The molecule has 3 aromatic rings. The van der Waals surface area contributed by atoms with Crippen molar-refractivity contribution in [1.29, 1.82) is 0 Å². The number of halogens is 1. The number of fused-ring (bicyclic) bond motifs is 1. The van der Waals surface area contributed by atoms with Crippen LogP contribution in [0.25, 0.3) is 10.9 Å². The molecule has 2 heterocycles. The highest BCUT2D eigenvalue weighted by Crippen LogP contribution is 2.30. The summed E-state index contributed by atoms with van der Waals surface area (Å²) in [5, 5.41) is 0.861. The zero-order chi connectivity index (χ0) is 17.3. The summed E-state index contributed by atoms with van der Waals surface area (Å²) in [4.78, 5) is 7.41. The van der Waals surface area contributed by atoms with Crippen LogP contribution in [0, 0.1) is 0 Å². The second-order valence-electron chi connectivity index (χ2n) is 6.38. The molecular formula is C20H21ClN2O2S. The van der Waals surface area contributed by atoms with Crippen molar-refractivity contribution in [2.45, 2.75) is 29.1 Å². The molecule has 2 aromatic carbocycles. The van der Waals surface area contributed by atoms with E-state index in [0.717, 1.165) is 29.7 Å². The standard InChI is InChI=1S/C20H20N2O2S.ClH/c23-25(24,17-9-3-1-4-10-17)18-14-16-8-7-11-19(20(16)21-15-18)22-12-5-2-6-13-22;/h1,3-4,7-11,14-15H,2,5-6,12-13H2;1H. The molecule has 1 aliphatic rings. The average Bonchev–Trinajstić information content (AvgIpc) is 2.68. The Bertz CT molecular complexity index is 1000. The smallest absolute Gasteiger partial charge is 0.208 e. The molecule has 0 unspecified atom stereocenters. The topological polar surface area (TPSA) is 50.3 Å². The van der Waals surface area contributed by atoms with Crippen LogP contribution in [0.2, 0.25) is 0 Å². The lowest BCUT2D eigenvalue weighted by Crippen LogP contribution is -2.29. The fourth-order valence-electron chi connectivity index (χ4n) is 3.40. The van der Waals surface area contributed by atoms with Gasteiger partial charge in [-0.1, -0.05) is 30.3 Å². The first-order valence-electron chi connectivity index (χ1n) is 8.60. The third-order valence-corrected chi connectivity index (χ3v) is 6.46. The minimum absolute atomic E-state index is 0. The zero-order valence-electron chi connectivity index (χ0n) is 14.3. The van der Waals surface area contributed by atoms with Crippen LogP contribution >= 0.6 is 12.4 Å². The van der Waals surface area contributed by atoms with Crippen molar-refractivity contribution < 1.29 is 8.42 Å². The summed E-state index contributed by atoms with van der Waals surface area (Å²) in [6, 6.07) is 16.2. The van der Waals surface area contributed by atoms with Crippen LogP contribution < -0.4 is 4.90 Å². The summed E-state index contributed by atoms with van der Waals surface area (Å²) in [6.07, 6.45) is 5.14. The van der Waals surface area contributed by atoms with Crippen molar-refractivity contribution in [2.75, 3.05) is 18.0 Å². The van der Waals surface area contributed by atoms with Gasteiger partial charge in [0.1, 0.15) is 0 Å². The third-order valence-electron chi connectivity index (χ3n) is 4.73. The fraction of sp³-hybridized carbons (Fsp3) is 0.250. The molecule has 136 valence electrons. The van der Waals surface area contributed by atoms with Gasteiger partial charge in [-0.25, -0.2) is 8.42 Å². The van der Waals surface area contributed by atoms with Crippen molar-refractivity contribution >= 4 is 38.8 Å². The molecule has 4 nitrogen and oxygen atoms in total. The largest absolute Gasteiger partial charge is 0.370 e. The molecule has 1 saturated heterocycles. The quantitative estimate of drug-likeness (QED) is 0.663. The van der Waals surface area contributed by atoms with Gasteiger partial charge in [0.05, 0.1) is 21.0 Å². The van der Waals surface area contributed by atoms with Crippen molar-refractivity contribution in [1.82, 2.24) is 4.98 Å². The lowest BCUT2D eigenvalue weighted by Gasteiger charge is -2.29. The van der Waals surface area contributed by atoms with E-state index in [2.05, 4.69) is 16.0 Å². The Labute approximate surface area is 160 Å². The zero-order valence-corrected chi connectivity index (χ0v) is 16.0. The van der Waals surface area contributed by atoms with E-state index in [1.165, 1.54) is 25.5 Å². The molecule has 6 heteroatoms. The van der Waals surface area contributed by atoms with Crippen LogP contribution in [0.15, 0.2) is 70.6 Å². The van der Waals surface area contributed by atoms with Crippen LogP contribution in [-0.2, 0) is 9.84 Å². The normalized spacial score (nSPS) is 14.8. The van der Waals surface area contributed by atoms with Gasteiger partial charge in [0.15, 0.2) is 0 Å². The van der Waals surface area contributed by atoms with Crippen molar-refractivity contribution in [3.63, 3.8) is 0 Å². The Morgan fingerprint density at radius 1 is 0.846 bits per heavy atom. The molecule has 0 atom stereocenters. The number of rotatable bonds is 3. The Kier molecular flexibility index (Phi) is 5.49. The first-order chi connectivity index (χ1) is 12.2. The summed E-state index contributed by atoms with van der Waals surface area (Å²) >= 11 is 0. The van der Waals surface area contributed by atoms with Gasteiger partial charge in [-0.15, -0.1) is 12.4 Å². The molecule has 0 spiro atoms. The lowest BCUT2D eigenvalue weighted by atomic mass is 10.1. The lowest BCUT2D eigenvalue weighted by molar-refractivity contribution is 0.578. The third kappa shape index (κ3) is 3.41. The summed E-state index contributed by atoms with van der Waals surface area (Å²) in [7, 11) is -3.54. The van der Waals surface area contributed by atoms with Crippen molar-refractivity contribution in [3.8, 4) is 0 Å². The highest BCUT2D eigenvalue weighted by atomic mass is 35.5. The van der Waals surface area contributed by atoms with Gasteiger partial charge >= 0.3 is 0 Å². The predicted molar refractivity (Wildman–Crippen MR) is 107 cm³/mol. The Balaban J connectivity index is 0.00000196. The first-order valence-corrected chi connectivity index (χ1v) is 10.1. The van der Waals surface area contributed by atoms with E-state index in [0.29, 0.717) is 4.90 Å². The second kappa shape index (κ2) is 7.64. The molecular weight excluding hydrogens is 368 g/mol. The number of hydrogen-bond acceptors (Lipinski definition) is 4. The maximum Gasteiger partial charge on any atom is 0.208 e. The summed E-state index contributed by atoms with van der Waals surface area (Å²) in [6.45, 7) is 2.07. The maximum atomic E-state index is 12.8. The number of benzene rings is 2. The molecule has 4 rings (SSSR count). The van der Waals surface area contributed by atoms with Crippen molar-refractivity contribution in [2.24, 2.45) is 0 Å². The highest BCUT2D eigenvalue weighted by Gasteiger charge is 2.20. The molecule has 0 saturated carbocycles. The Hall–Kier alpha value is -2.11. The number of sulfone groups is 1. The molecule has 0 bridgehead atoms. The van der Waals surface area contributed by atoms with E-state index in [1.807, 2.05) is 18.2 Å².